The fourth-order valence-corrected chi connectivity index (χ4v) is 3.66. The lowest BCUT2D eigenvalue weighted by molar-refractivity contribution is -0.133. The third-order valence-corrected chi connectivity index (χ3v) is 5.07. The molecule has 126 valence electrons. The van der Waals surface area contributed by atoms with E-state index < -0.39 is 0 Å². The number of likely N-dealkylation sites (tertiary alicyclic amines) is 1. The zero-order valence-electron chi connectivity index (χ0n) is 13.1. The van der Waals surface area contributed by atoms with Crippen LogP contribution in [0.3, 0.4) is 0 Å². The Kier molecular flexibility index (Phi) is 5.64. The van der Waals surface area contributed by atoms with Crippen molar-refractivity contribution in [2.45, 2.75) is 31.3 Å². The maximum atomic E-state index is 12.3. The van der Waals surface area contributed by atoms with E-state index in [4.69, 9.17) is 4.74 Å². The van der Waals surface area contributed by atoms with Gasteiger partial charge >= 0.3 is 0 Å². The molecule has 2 amide bonds. The van der Waals surface area contributed by atoms with Crippen molar-refractivity contribution < 1.29 is 14.3 Å². The number of ether oxygens (including phenoxy) is 1. The highest BCUT2D eigenvalue weighted by Crippen LogP contribution is 2.14. The van der Waals surface area contributed by atoms with E-state index in [9.17, 15) is 9.59 Å². The van der Waals surface area contributed by atoms with Crippen molar-refractivity contribution in [2.24, 2.45) is 0 Å². The average Bonchev–Trinajstić information content (AvgIpc) is 3.11. The van der Waals surface area contributed by atoms with Gasteiger partial charge < -0.3 is 20.3 Å². The van der Waals surface area contributed by atoms with Crippen LogP contribution in [0.5, 0.6) is 0 Å². The molecule has 1 aromatic rings. The molecule has 1 atom stereocenters. The number of carbonyl (C=O) groups is 2. The lowest BCUT2D eigenvalue weighted by atomic mass is 10.0. The molecule has 0 aromatic carbocycles. The van der Waals surface area contributed by atoms with Gasteiger partial charge in [-0.3, -0.25) is 9.59 Å². The number of thiophene rings is 1. The standard InChI is InChI=1S/C16H23N3O3S/c20-15(9-14-10-22-7-4-17-14)19-5-1-13(2-6-19)18-16(21)12-3-8-23-11-12/h3,8,11,13-14,17H,1-2,4-7,9-10H2,(H,18,21). The highest BCUT2D eigenvalue weighted by molar-refractivity contribution is 7.08. The summed E-state index contributed by atoms with van der Waals surface area (Å²) >= 11 is 1.52. The number of hydrogen-bond acceptors (Lipinski definition) is 5. The summed E-state index contributed by atoms with van der Waals surface area (Å²) in [6.45, 7) is 3.56. The highest BCUT2D eigenvalue weighted by atomic mass is 32.1. The maximum Gasteiger partial charge on any atom is 0.252 e. The number of nitrogens with one attached hydrogen (secondary N) is 2. The molecule has 2 saturated heterocycles. The van der Waals surface area contributed by atoms with E-state index in [-0.39, 0.29) is 23.9 Å². The lowest BCUT2D eigenvalue weighted by Crippen LogP contribution is -2.49. The van der Waals surface area contributed by atoms with E-state index in [1.165, 1.54) is 11.3 Å². The molecule has 1 unspecified atom stereocenters. The molecule has 3 rings (SSSR count). The van der Waals surface area contributed by atoms with Gasteiger partial charge in [0.05, 0.1) is 13.2 Å². The van der Waals surface area contributed by atoms with Crippen molar-refractivity contribution >= 4 is 23.2 Å². The van der Waals surface area contributed by atoms with Crippen LogP contribution in [0.1, 0.15) is 29.6 Å². The number of nitrogens with zero attached hydrogens (tertiary/aromatic N) is 1. The van der Waals surface area contributed by atoms with Gasteiger partial charge in [0.1, 0.15) is 0 Å². The fraction of sp³-hybridized carbons (Fsp3) is 0.625. The Morgan fingerprint density at radius 1 is 1.39 bits per heavy atom. The van der Waals surface area contributed by atoms with E-state index in [0.717, 1.165) is 31.6 Å². The van der Waals surface area contributed by atoms with Gasteiger partial charge in [0.2, 0.25) is 5.91 Å². The zero-order chi connectivity index (χ0) is 16.1. The molecule has 0 aliphatic carbocycles. The first-order valence-corrected chi connectivity index (χ1v) is 9.08. The van der Waals surface area contributed by atoms with Crippen LogP contribution >= 0.6 is 11.3 Å². The predicted octanol–water partition coefficient (Wildman–Crippen LogP) is 0.847. The summed E-state index contributed by atoms with van der Waals surface area (Å²) in [4.78, 5) is 26.3. The van der Waals surface area contributed by atoms with Crippen LogP contribution in [-0.2, 0) is 9.53 Å². The van der Waals surface area contributed by atoms with E-state index in [1.54, 1.807) is 0 Å². The van der Waals surface area contributed by atoms with Gasteiger partial charge in [-0.1, -0.05) is 0 Å². The van der Waals surface area contributed by atoms with Crippen LogP contribution in [0.4, 0.5) is 0 Å². The molecule has 23 heavy (non-hydrogen) atoms. The van der Waals surface area contributed by atoms with Gasteiger partial charge in [0, 0.05) is 49.1 Å². The summed E-state index contributed by atoms with van der Waals surface area (Å²) in [5, 5.41) is 10.1. The van der Waals surface area contributed by atoms with E-state index >= 15 is 0 Å². The second kappa shape index (κ2) is 7.90. The van der Waals surface area contributed by atoms with Gasteiger partial charge in [0.15, 0.2) is 0 Å². The van der Waals surface area contributed by atoms with E-state index in [2.05, 4.69) is 10.6 Å². The first-order chi connectivity index (χ1) is 11.2. The van der Waals surface area contributed by atoms with Crippen molar-refractivity contribution in [1.82, 2.24) is 15.5 Å². The number of piperidine rings is 1. The Morgan fingerprint density at radius 3 is 2.87 bits per heavy atom. The molecule has 0 saturated carbocycles. The molecule has 2 aliphatic rings. The Bertz CT molecular complexity index is 521. The number of carbonyl (C=O) groups excluding carboxylic acids is 2. The molecule has 2 aliphatic heterocycles. The third-order valence-electron chi connectivity index (χ3n) is 4.39. The van der Waals surface area contributed by atoms with Crippen LogP contribution in [0.15, 0.2) is 16.8 Å². The minimum atomic E-state index is -0.0143. The quantitative estimate of drug-likeness (QED) is 0.854. The largest absolute Gasteiger partial charge is 0.378 e. The van der Waals surface area contributed by atoms with Gasteiger partial charge in [-0.15, -0.1) is 0 Å². The second-order valence-corrected chi connectivity index (χ2v) is 6.85. The Labute approximate surface area is 140 Å². The van der Waals surface area contributed by atoms with Crippen LogP contribution in [0, 0.1) is 0 Å². The summed E-state index contributed by atoms with van der Waals surface area (Å²) in [6.07, 6.45) is 2.12. The third kappa shape index (κ3) is 4.53. The van der Waals surface area contributed by atoms with Gasteiger partial charge in [-0.25, -0.2) is 0 Å². The first-order valence-electron chi connectivity index (χ1n) is 8.14. The summed E-state index contributed by atoms with van der Waals surface area (Å²) < 4.78 is 5.39. The Morgan fingerprint density at radius 2 is 2.22 bits per heavy atom. The number of rotatable bonds is 4. The molecule has 0 bridgehead atoms. The molecule has 3 heterocycles. The van der Waals surface area contributed by atoms with Gasteiger partial charge in [-0.2, -0.15) is 11.3 Å². The number of morpholine rings is 1. The molecular weight excluding hydrogens is 314 g/mol. The van der Waals surface area contributed by atoms with Crippen molar-refractivity contribution in [2.75, 3.05) is 32.8 Å². The minimum Gasteiger partial charge on any atom is -0.378 e. The topological polar surface area (TPSA) is 70.7 Å². The molecule has 7 heteroatoms. The maximum absolute atomic E-state index is 12.3. The van der Waals surface area contributed by atoms with Crippen LogP contribution in [0.25, 0.3) is 0 Å². The van der Waals surface area contributed by atoms with E-state index in [0.29, 0.717) is 26.1 Å². The van der Waals surface area contributed by atoms with Gasteiger partial charge in [0.25, 0.3) is 5.91 Å². The average molecular weight is 337 g/mol. The molecule has 2 fully saturated rings. The monoisotopic (exact) mass is 337 g/mol. The normalized spacial score (nSPS) is 22.8. The predicted molar refractivity (Wildman–Crippen MR) is 88.6 cm³/mol. The van der Waals surface area contributed by atoms with Crippen molar-refractivity contribution in [1.29, 1.82) is 0 Å². The zero-order valence-corrected chi connectivity index (χ0v) is 13.9. The Hall–Kier alpha value is -1.44. The van der Waals surface area contributed by atoms with Crippen LogP contribution in [0.2, 0.25) is 0 Å². The van der Waals surface area contributed by atoms with Crippen LogP contribution < -0.4 is 10.6 Å². The molecule has 6 nitrogen and oxygen atoms in total. The number of amides is 2. The smallest absolute Gasteiger partial charge is 0.252 e. The number of hydrogen-bond donors (Lipinski definition) is 2. The first kappa shape index (κ1) is 16.4. The Balaban J connectivity index is 1.41. The van der Waals surface area contributed by atoms with E-state index in [1.807, 2.05) is 21.7 Å². The summed E-state index contributed by atoms with van der Waals surface area (Å²) in [7, 11) is 0. The molecule has 1 aromatic heterocycles. The molecule has 0 radical (unpaired) electrons. The van der Waals surface area contributed by atoms with Crippen molar-refractivity contribution in [3.63, 3.8) is 0 Å². The molecule has 0 spiro atoms. The summed E-state index contributed by atoms with van der Waals surface area (Å²) in [5.41, 5.74) is 0.719. The fourth-order valence-electron chi connectivity index (χ4n) is 3.03. The lowest BCUT2D eigenvalue weighted by Gasteiger charge is -2.34. The molecule has 2 N–H and O–H groups in total. The molecular formula is C16H23N3O3S. The summed E-state index contributed by atoms with van der Waals surface area (Å²) in [5.74, 6) is 0.162. The SMILES string of the molecule is O=C(NC1CCN(C(=O)CC2COCCN2)CC1)c1ccsc1. The van der Waals surface area contributed by atoms with Gasteiger partial charge in [-0.05, 0) is 24.3 Å². The summed E-state index contributed by atoms with van der Waals surface area (Å²) in [6, 6.07) is 2.12. The highest BCUT2D eigenvalue weighted by Gasteiger charge is 2.26. The van der Waals surface area contributed by atoms with Crippen molar-refractivity contribution in [3.05, 3.63) is 22.4 Å². The van der Waals surface area contributed by atoms with Crippen molar-refractivity contribution in [3.8, 4) is 0 Å². The second-order valence-electron chi connectivity index (χ2n) is 6.07. The minimum absolute atomic E-state index is 0.0143. The van der Waals surface area contributed by atoms with Crippen LogP contribution in [-0.4, -0.2) is 61.6 Å².